The van der Waals surface area contributed by atoms with Crippen LogP contribution in [0.3, 0.4) is 0 Å². The highest BCUT2D eigenvalue weighted by atomic mass is 19.1. The lowest BCUT2D eigenvalue weighted by molar-refractivity contribution is -0.131. The summed E-state index contributed by atoms with van der Waals surface area (Å²) in [5.41, 5.74) is 1.97. The molecule has 0 saturated carbocycles. The number of ether oxygens (including phenoxy) is 2. The van der Waals surface area contributed by atoms with Gasteiger partial charge in [0.05, 0.1) is 13.7 Å². The van der Waals surface area contributed by atoms with Gasteiger partial charge in [-0.3, -0.25) is 4.79 Å². The van der Waals surface area contributed by atoms with E-state index in [9.17, 15) is 9.18 Å². The molecule has 2 rings (SSSR count). The van der Waals surface area contributed by atoms with Gasteiger partial charge >= 0.3 is 0 Å². The van der Waals surface area contributed by atoms with Crippen molar-refractivity contribution in [3.05, 3.63) is 59.4 Å². The van der Waals surface area contributed by atoms with Crippen LogP contribution in [0, 0.1) is 5.82 Å². The number of benzene rings is 2. The summed E-state index contributed by atoms with van der Waals surface area (Å²) >= 11 is 0. The van der Waals surface area contributed by atoms with Crippen LogP contribution in [0.5, 0.6) is 11.5 Å². The highest BCUT2D eigenvalue weighted by Crippen LogP contribution is 2.29. The van der Waals surface area contributed by atoms with E-state index < -0.39 is 0 Å². The Balaban J connectivity index is 2.02. The molecule has 0 heterocycles. The molecular weight excluding hydrogens is 357 g/mol. The number of hydrogen-bond donors (Lipinski definition) is 0. The summed E-state index contributed by atoms with van der Waals surface area (Å²) in [6.07, 6.45) is 2.82. The molecule has 4 nitrogen and oxygen atoms in total. The zero-order chi connectivity index (χ0) is 20.4. The van der Waals surface area contributed by atoms with Gasteiger partial charge in [-0.2, -0.15) is 0 Å². The first kappa shape index (κ1) is 21.7. The molecule has 0 saturated heterocycles. The number of methoxy groups -OCH3 is 1. The zero-order valence-corrected chi connectivity index (χ0v) is 17.0. The van der Waals surface area contributed by atoms with Crippen LogP contribution in [0.1, 0.15) is 44.2 Å². The number of nitrogens with zero attached hydrogens (tertiary/aromatic N) is 1. The minimum atomic E-state index is -0.261. The first-order valence-electron chi connectivity index (χ1n) is 9.89. The Bertz CT molecular complexity index is 746. The summed E-state index contributed by atoms with van der Waals surface area (Å²) in [6.45, 7) is 5.97. The van der Waals surface area contributed by atoms with Crippen molar-refractivity contribution in [2.75, 3.05) is 20.3 Å². The molecule has 5 heteroatoms. The van der Waals surface area contributed by atoms with E-state index in [-0.39, 0.29) is 11.7 Å². The molecule has 0 spiro atoms. The molecule has 2 aromatic rings. The van der Waals surface area contributed by atoms with Crippen LogP contribution in [0.15, 0.2) is 42.5 Å². The molecule has 0 aliphatic heterocycles. The predicted molar refractivity (Wildman–Crippen MR) is 109 cm³/mol. The fourth-order valence-electron chi connectivity index (χ4n) is 2.98. The highest BCUT2D eigenvalue weighted by molar-refractivity contribution is 5.76. The molecule has 0 bridgehead atoms. The largest absolute Gasteiger partial charge is 0.493 e. The Morgan fingerprint density at radius 2 is 1.71 bits per heavy atom. The van der Waals surface area contributed by atoms with Crippen LogP contribution in [-0.2, 0) is 17.8 Å². The van der Waals surface area contributed by atoms with Gasteiger partial charge in [-0.05, 0) is 54.7 Å². The molecule has 0 atom stereocenters. The van der Waals surface area contributed by atoms with Gasteiger partial charge in [-0.25, -0.2) is 4.39 Å². The van der Waals surface area contributed by atoms with E-state index in [0.717, 1.165) is 29.7 Å². The SMILES string of the molecule is CCCOc1ccc(CN(CCC)C(=O)CCc2ccc(F)cc2)cc1OC. The van der Waals surface area contributed by atoms with Crippen molar-refractivity contribution in [2.45, 2.75) is 46.1 Å². The Labute approximate surface area is 167 Å². The molecule has 28 heavy (non-hydrogen) atoms. The first-order chi connectivity index (χ1) is 13.6. The van der Waals surface area contributed by atoms with Crippen LogP contribution >= 0.6 is 0 Å². The van der Waals surface area contributed by atoms with Crippen LogP contribution in [0.2, 0.25) is 0 Å². The Morgan fingerprint density at radius 1 is 1.00 bits per heavy atom. The Morgan fingerprint density at radius 3 is 2.36 bits per heavy atom. The fraction of sp³-hybridized carbons (Fsp3) is 0.435. The van der Waals surface area contributed by atoms with Crippen molar-refractivity contribution < 1.29 is 18.7 Å². The van der Waals surface area contributed by atoms with E-state index in [0.29, 0.717) is 38.3 Å². The number of rotatable bonds is 11. The van der Waals surface area contributed by atoms with Gasteiger partial charge in [0.25, 0.3) is 0 Å². The Kier molecular flexibility index (Phi) is 8.79. The standard InChI is InChI=1S/C23H30FNO3/c1-4-14-25(23(26)13-9-18-6-10-20(24)11-7-18)17-19-8-12-21(28-15-5-2)22(16-19)27-3/h6-8,10-12,16H,4-5,9,13-15,17H2,1-3H3. The van der Waals surface area contributed by atoms with Gasteiger partial charge < -0.3 is 14.4 Å². The number of aryl methyl sites for hydroxylation is 1. The van der Waals surface area contributed by atoms with Gasteiger partial charge in [0.2, 0.25) is 5.91 Å². The van der Waals surface area contributed by atoms with Crippen molar-refractivity contribution in [3.8, 4) is 11.5 Å². The number of amides is 1. The quantitative estimate of drug-likeness (QED) is 0.545. The van der Waals surface area contributed by atoms with Gasteiger partial charge in [-0.15, -0.1) is 0 Å². The lowest BCUT2D eigenvalue weighted by Gasteiger charge is -2.23. The van der Waals surface area contributed by atoms with E-state index >= 15 is 0 Å². The second-order valence-electron chi connectivity index (χ2n) is 6.78. The molecule has 0 aliphatic rings. The second kappa shape index (κ2) is 11.3. The molecule has 0 radical (unpaired) electrons. The molecule has 0 fully saturated rings. The summed E-state index contributed by atoms with van der Waals surface area (Å²) in [7, 11) is 1.62. The second-order valence-corrected chi connectivity index (χ2v) is 6.78. The smallest absolute Gasteiger partial charge is 0.223 e. The van der Waals surface area contributed by atoms with Crippen LogP contribution < -0.4 is 9.47 Å². The predicted octanol–water partition coefficient (Wildman–Crippen LogP) is 4.99. The van der Waals surface area contributed by atoms with Crippen LogP contribution in [-0.4, -0.2) is 31.1 Å². The fourth-order valence-corrected chi connectivity index (χ4v) is 2.98. The topological polar surface area (TPSA) is 38.8 Å². The van der Waals surface area contributed by atoms with E-state index in [1.165, 1.54) is 12.1 Å². The van der Waals surface area contributed by atoms with Gasteiger partial charge in [0.1, 0.15) is 5.82 Å². The lowest BCUT2D eigenvalue weighted by atomic mass is 10.1. The van der Waals surface area contributed by atoms with Crippen molar-refractivity contribution in [3.63, 3.8) is 0 Å². The number of halogens is 1. The van der Waals surface area contributed by atoms with Crippen molar-refractivity contribution in [1.82, 2.24) is 4.90 Å². The minimum Gasteiger partial charge on any atom is -0.493 e. The molecule has 2 aromatic carbocycles. The zero-order valence-electron chi connectivity index (χ0n) is 17.0. The van der Waals surface area contributed by atoms with Crippen molar-refractivity contribution in [1.29, 1.82) is 0 Å². The minimum absolute atomic E-state index is 0.0939. The third kappa shape index (κ3) is 6.55. The summed E-state index contributed by atoms with van der Waals surface area (Å²) in [4.78, 5) is 14.6. The molecule has 0 N–H and O–H groups in total. The summed E-state index contributed by atoms with van der Waals surface area (Å²) in [5, 5.41) is 0. The normalized spacial score (nSPS) is 10.6. The summed E-state index contributed by atoms with van der Waals surface area (Å²) in [5.74, 6) is 1.23. The van der Waals surface area contributed by atoms with E-state index in [2.05, 4.69) is 13.8 Å². The van der Waals surface area contributed by atoms with E-state index in [4.69, 9.17) is 9.47 Å². The van der Waals surface area contributed by atoms with Gasteiger partial charge in [-0.1, -0.05) is 32.0 Å². The maximum atomic E-state index is 13.0. The highest BCUT2D eigenvalue weighted by Gasteiger charge is 2.15. The third-order valence-corrected chi connectivity index (χ3v) is 4.45. The van der Waals surface area contributed by atoms with E-state index in [1.54, 1.807) is 19.2 Å². The molecule has 152 valence electrons. The monoisotopic (exact) mass is 387 g/mol. The number of carbonyl (C=O) groups excluding carboxylic acids is 1. The lowest BCUT2D eigenvalue weighted by Crippen LogP contribution is -2.31. The maximum absolute atomic E-state index is 13.0. The molecule has 0 aliphatic carbocycles. The average Bonchev–Trinajstić information content (AvgIpc) is 2.71. The summed E-state index contributed by atoms with van der Waals surface area (Å²) < 4.78 is 24.2. The molecular formula is C23H30FNO3. The van der Waals surface area contributed by atoms with Gasteiger partial charge in [0.15, 0.2) is 11.5 Å². The third-order valence-electron chi connectivity index (χ3n) is 4.45. The van der Waals surface area contributed by atoms with Gasteiger partial charge in [0, 0.05) is 19.5 Å². The summed E-state index contributed by atoms with van der Waals surface area (Å²) in [6, 6.07) is 12.1. The van der Waals surface area contributed by atoms with Crippen molar-refractivity contribution in [2.24, 2.45) is 0 Å². The van der Waals surface area contributed by atoms with Crippen molar-refractivity contribution >= 4 is 5.91 Å². The molecule has 1 amide bonds. The Hall–Kier alpha value is -2.56. The van der Waals surface area contributed by atoms with E-state index in [1.807, 2.05) is 23.1 Å². The number of hydrogen-bond acceptors (Lipinski definition) is 3. The average molecular weight is 387 g/mol. The maximum Gasteiger partial charge on any atom is 0.223 e. The van der Waals surface area contributed by atoms with Crippen LogP contribution in [0.4, 0.5) is 4.39 Å². The molecule has 0 unspecified atom stereocenters. The van der Waals surface area contributed by atoms with Crippen LogP contribution in [0.25, 0.3) is 0 Å². The first-order valence-corrected chi connectivity index (χ1v) is 9.89. The molecule has 0 aromatic heterocycles. The number of carbonyl (C=O) groups is 1.